The Labute approximate surface area is 117 Å². The molecule has 2 rings (SSSR count). The smallest absolute Gasteiger partial charge is 0.416 e. The molecule has 0 aromatic heterocycles. The SMILES string of the molecule is C=Cc1cc(F)c(Oc2ccc(C(F)(F)F)cc2)c(F)c1. The number of hydrogen-bond acceptors (Lipinski definition) is 1. The molecule has 0 atom stereocenters. The topological polar surface area (TPSA) is 9.23 Å². The molecule has 0 unspecified atom stereocenters. The number of rotatable bonds is 3. The van der Waals surface area contributed by atoms with Crippen LogP contribution in [-0.4, -0.2) is 0 Å². The maximum Gasteiger partial charge on any atom is 0.416 e. The number of alkyl halides is 3. The number of benzene rings is 2. The molecule has 1 nitrogen and oxygen atoms in total. The largest absolute Gasteiger partial charge is 0.451 e. The maximum absolute atomic E-state index is 13.7. The zero-order valence-electron chi connectivity index (χ0n) is 10.5. The summed E-state index contributed by atoms with van der Waals surface area (Å²) in [6.45, 7) is 3.38. The molecule has 0 aliphatic heterocycles. The quantitative estimate of drug-likeness (QED) is 0.688. The summed E-state index contributed by atoms with van der Waals surface area (Å²) in [7, 11) is 0. The monoisotopic (exact) mass is 300 g/mol. The van der Waals surface area contributed by atoms with Gasteiger partial charge in [0, 0.05) is 0 Å². The standard InChI is InChI=1S/C15H9F5O/c1-2-9-7-12(16)14(13(17)8-9)21-11-5-3-10(4-6-11)15(18,19)20/h2-8H,1H2. The average molecular weight is 300 g/mol. The van der Waals surface area contributed by atoms with Gasteiger partial charge in [-0.2, -0.15) is 13.2 Å². The minimum absolute atomic E-state index is 0.104. The van der Waals surface area contributed by atoms with Crippen molar-refractivity contribution in [2.24, 2.45) is 0 Å². The van der Waals surface area contributed by atoms with Crippen LogP contribution in [0.25, 0.3) is 6.08 Å². The van der Waals surface area contributed by atoms with Crippen LogP contribution >= 0.6 is 0 Å². The minimum atomic E-state index is -4.49. The van der Waals surface area contributed by atoms with E-state index in [4.69, 9.17) is 4.74 Å². The lowest BCUT2D eigenvalue weighted by Gasteiger charge is -2.10. The van der Waals surface area contributed by atoms with E-state index in [-0.39, 0.29) is 11.3 Å². The molecule has 0 fully saturated rings. The fourth-order valence-electron chi connectivity index (χ4n) is 1.62. The van der Waals surface area contributed by atoms with Crippen molar-refractivity contribution in [2.75, 3.05) is 0 Å². The third-order valence-electron chi connectivity index (χ3n) is 2.66. The molecule has 0 bridgehead atoms. The zero-order chi connectivity index (χ0) is 15.6. The van der Waals surface area contributed by atoms with E-state index in [1.165, 1.54) is 6.08 Å². The van der Waals surface area contributed by atoms with E-state index in [1.54, 1.807) is 0 Å². The van der Waals surface area contributed by atoms with Gasteiger partial charge in [-0.25, -0.2) is 8.78 Å². The highest BCUT2D eigenvalue weighted by atomic mass is 19.4. The van der Waals surface area contributed by atoms with Crippen LogP contribution in [0.4, 0.5) is 22.0 Å². The lowest BCUT2D eigenvalue weighted by atomic mass is 10.2. The van der Waals surface area contributed by atoms with Crippen molar-refractivity contribution in [3.63, 3.8) is 0 Å². The first-order valence-corrected chi connectivity index (χ1v) is 5.78. The summed E-state index contributed by atoms with van der Waals surface area (Å²) >= 11 is 0. The summed E-state index contributed by atoms with van der Waals surface area (Å²) in [5.74, 6) is -2.72. The highest BCUT2D eigenvalue weighted by Crippen LogP contribution is 2.33. The summed E-state index contributed by atoms with van der Waals surface area (Å²) in [6, 6.07) is 5.53. The van der Waals surface area contributed by atoms with Gasteiger partial charge in [0.25, 0.3) is 0 Å². The van der Waals surface area contributed by atoms with Crippen LogP contribution < -0.4 is 4.74 Å². The van der Waals surface area contributed by atoms with Crippen molar-refractivity contribution in [1.29, 1.82) is 0 Å². The van der Waals surface area contributed by atoms with Crippen LogP contribution in [0.2, 0.25) is 0 Å². The lowest BCUT2D eigenvalue weighted by molar-refractivity contribution is -0.137. The van der Waals surface area contributed by atoms with E-state index in [9.17, 15) is 22.0 Å². The predicted octanol–water partition coefficient (Wildman–Crippen LogP) is 5.42. The summed E-state index contributed by atoms with van der Waals surface area (Å²) in [6.07, 6.45) is -3.23. The second-order valence-electron chi connectivity index (χ2n) is 4.14. The molecule has 21 heavy (non-hydrogen) atoms. The van der Waals surface area contributed by atoms with Crippen LogP contribution in [0, 0.1) is 11.6 Å². The van der Waals surface area contributed by atoms with Crippen LogP contribution in [0.3, 0.4) is 0 Å². The number of ether oxygens (including phenoxy) is 1. The second kappa shape index (κ2) is 5.55. The summed E-state index contributed by atoms with van der Waals surface area (Å²) in [5.41, 5.74) is -0.650. The van der Waals surface area contributed by atoms with Gasteiger partial charge in [-0.3, -0.25) is 0 Å². The fourth-order valence-corrected chi connectivity index (χ4v) is 1.62. The highest BCUT2D eigenvalue weighted by molar-refractivity contribution is 5.50. The van der Waals surface area contributed by atoms with Crippen molar-refractivity contribution < 1.29 is 26.7 Å². The normalized spacial score (nSPS) is 11.3. The summed E-state index contributed by atoms with van der Waals surface area (Å²) < 4.78 is 69.4. The third kappa shape index (κ3) is 3.39. The van der Waals surface area contributed by atoms with Gasteiger partial charge < -0.3 is 4.74 Å². The van der Waals surface area contributed by atoms with Gasteiger partial charge >= 0.3 is 6.18 Å². The van der Waals surface area contributed by atoms with E-state index < -0.39 is 29.1 Å². The van der Waals surface area contributed by atoms with E-state index in [0.29, 0.717) is 0 Å². The van der Waals surface area contributed by atoms with Gasteiger partial charge in [-0.05, 0) is 42.0 Å². The number of hydrogen-bond donors (Lipinski definition) is 0. The molecule has 0 aliphatic rings. The van der Waals surface area contributed by atoms with E-state index in [1.807, 2.05) is 0 Å². The average Bonchev–Trinajstić information content (AvgIpc) is 2.42. The molecular formula is C15H9F5O. The van der Waals surface area contributed by atoms with Crippen molar-refractivity contribution in [2.45, 2.75) is 6.18 Å². The van der Waals surface area contributed by atoms with Gasteiger partial charge in [0.2, 0.25) is 0 Å². The molecular weight excluding hydrogens is 291 g/mol. The van der Waals surface area contributed by atoms with Crippen LogP contribution in [0.5, 0.6) is 11.5 Å². The van der Waals surface area contributed by atoms with E-state index in [2.05, 4.69) is 6.58 Å². The molecule has 2 aromatic rings. The van der Waals surface area contributed by atoms with Crippen LogP contribution in [0.1, 0.15) is 11.1 Å². The Morgan fingerprint density at radius 2 is 1.48 bits per heavy atom. The molecule has 2 aromatic carbocycles. The molecule has 0 amide bonds. The zero-order valence-corrected chi connectivity index (χ0v) is 10.5. The van der Waals surface area contributed by atoms with Gasteiger partial charge in [0.05, 0.1) is 5.56 Å². The Morgan fingerprint density at radius 1 is 0.952 bits per heavy atom. The molecule has 0 radical (unpaired) electrons. The first-order valence-electron chi connectivity index (χ1n) is 5.78. The van der Waals surface area contributed by atoms with Crippen LogP contribution in [-0.2, 0) is 6.18 Å². The highest BCUT2D eigenvalue weighted by Gasteiger charge is 2.30. The van der Waals surface area contributed by atoms with Gasteiger partial charge in [-0.1, -0.05) is 12.7 Å². The van der Waals surface area contributed by atoms with Gasteiger partial charge in [-0.15, -0.1) is 0 Å². The summed E-state index contributed by atoms with van der Waals surface area (Å²) in [5, 5.41) is 0. The summed E-state index contributed by atoms with van der Waals surface area (Å²) in [4.78, 5) is 0. The minimum Gasteiger partial charge on any atom is -0.451 e. The van der Waals surface area contributed by atoms with Gasteiger partial charge in [0.15, 0.2) is 17.4 Å². The molecule has 0 saturated heterocycles. The fraction of sp³-hybridized carbons (Fsp3) is 0.0667. The van der Waals surface area contributed by atoms with Gasteiger partial charge in [0.1, 0.15) is 5.75 Å². The second-order valence-corrected chi connectivity index (χ2v) is 4.14. The molecule has 0 spiro atoms. The molecule has 6 heteroatoms. The Kier molecular flexibility index (Phi) is 3.97. The molecule has 0 saturated carbocycles. The maximum atomic E-state index is 13.7. The molecule has 0 heterocycles. The van der Waals surface area contributed by atoms with Crippen LogP contribution in [0.15, 0.2) is 43.0 Å². The predicted molar refractivity (Wildman–Crippen MR) is 68.0 cm³/mol. The first kappa shape index (κ1) is 15.0. The molecule has 0 aliphatic carbocycles. The van der Waals surface area contributed by atoms with E-state index in [0.717, 1.165) is 36.4 Å². The van der Waals surface area contributed by atoms with Crippen molar-refractivity contribution in [3.05, 3.63) is 65.7 Å². The van der Waals surface area contributed by atoms with Crippen molar-refractivity contribution in [3.8, 4) is 11.5 Å². The van der Waals surface area contributed by atoms with E-state index >= 15 is 0 Å². The number of halogens is 5. The third-order valence-corrected chi connectivity index (χ3v) is 2.66. The first-order chi connectivity index (χ1) is 9.81. The molecule has 0 N–H and O–H groups in total. The lowest BCUT2D eigenvalue weighted by Crippen LogP contribution is -2.04. The molecule has 110 valence electrons. The van der Waals surface area contributed by atoms with Crippen molar-refractivity contribution >= 4 is 6.08 Å². The Bertz CT molecular complexity index is 636. The Morgan fingerprint density at radius 3 is 1.90 bits per heavy atom. The Balaban J connectivity index is 2.28. The van der Waals surface area contributed by atoms with Crippen molar-refractivity contribution in [1.82, 2.24) is 0 Å². The Hall–Kier alpha value is -2.37.